The minimum atomic E-state index is 0.737. The third-order valence-electron chi connectivity index (χ3n) is 3.68. The SMILES string of the molecule is CC(C)CN1C2CC1CN(C(C)C)C2. The molecule has 2 bridgehead atoms. The van der Waals surface area contributed by atoms with Gasteiger partial charge in [0.2, 0.25) is 0 Å². The molecule has 3 heterocycles. The van der Waals surface area contributed by atoms with E-state index in [0.717, 1.165) is 24.0 Å². The molecule has 3 saturated heterocycles. The van der Waals surface area contributed by atoms with Crippen LogP contribution in [0.15, 0.2) is 0 Å². The monoisotopic (exact) mass is 196 g/mol. The lowest BCUT2D eigenvalue weighted by molar-refractivity contribution is -0.0831. The number of nitrogens with zero attached hydrogens (tertiary/aromatic N) is 2. The van der Waals surface area contributed by atoms with Crippen LogP contribution in [0.2, 0.25) is 0 Å². The summed E-state index contributed by atoms with van der Waals surface area (Å²) in [6.45, 7) is 13.2. The van der Waals surface area contributed by atoms with E-state index in [0.29, 0.717) is 0 Å². The van der Waals surface area contributed by atoms with Crippen molar-refractivity contribution in [3.8, 4) is 0 Å². The Hall–Kier alpha value is -0.0800. The molecule has 0 amide bonds. The van der Waals surface area contributed by atoms with Gasteiger partial charge in [0.15, 0.2) is 0 Å². The van der Waals surface area contributed by atoms with Crippen LogP contribution >= 0.6 is 0 Å². The van der Waals surface area contributed by atoms with E-state index in [4.69, 9.17) is 0 Å². The zero-order chi connectivity index (χ0) is 10.3. The summed E-state index contributed by atoms with van der Waals surface area (Å²) in [7, 11) is 0. The molecule has 82 valence electrons. The number of piperazine rings is 1. The molecule has 2 atom stereocenters. The van der Waals surface area contributed by atoms with Crippen molar-refractivity contribution < 1.29 is 0 Å². The maximum absolute atomic E-state index is 2.73. The molecule has 0 N–H and O–H groups in total. The van der Waals surface area contributed by atoms with Crippen molar-refractivity contribution in [2.75, 3.05) is 19.6 Å². The highest BCUT2D eigenvalue weighted by atomic mass is 15.4. The molecule has 2 heteroatoms. The van der Waals surface area contributed by atoms with Gasteiger partial charge < -0.3 is 0 Å². The molecule has 2 unspecified atom stereocenters. The van der Waals surface area contributed by atoms with E-state index >= 15 is 0 Å². The van der Waals surface area contributed by atoms with Crippen LogP contribution in [0.1, 0.15) is 34.1 Å². The second kappa shape index (κ2) is 3.82. The number of rotatable bonds is 3. The summed E-state index contributed by atoms with van der Waals surface area (Å²) in [6.07, 6.45) is 1.45. The predicted molar refractivity (Wildman–Crippen MR) is 60.4 cm³/mol. The molecule has 14 heavy (non-hydrogen) atoms. The minimum absolute atomic E-state index is 0.737. The summed E-state index contributed by atoms with van der Waals surface area (Å²) < 4.78 is 0. The Morgan fingerprint density at radius 3 is 2.07 bits per heavy atom. The molecular weight excluding hydrogens is 172 g/mol. The number of hydrogen-bond acceptors (Lipinski definition) is 2. The fourth-order valence-corrected chi connectivity index (χ4v) is 2.86. The molecule has 2 nitrogen and oxygen atoms in total. The van der Waals surface area contributed by atoms with Gasteiger partial charge in [-0.2, -0.15) is 0 Å². The van der Waals surface area contributed by atoms with Crippen LogP contribution in [0.3, 0.4) is 0 Å². The highest BCUT2D eigenvalue weighted by Crippen LogP contribution is 2.33. The van der Waals surface area contributed by atoms with Gasteiger partial charge in [0, 0.05) is 37.8 Å². The van der Waals surface area contributed by atoms with E-state index in [9.17, 15) is 0 Å². The lowest BCUT2D eigenvalue weighted by Crippen LogP contribution is -2.69. The van der Waals surface area contributed by atoms with Crippen LogP contribution in [0.25, 0.3) is 0 Å². The first kappa shape index (κ1) is 10.4. The summed E-state index contributed by atoms with van der Waals surface area (Å²) in [5, 5.41) is 0. The minimum Gasteiger partial charge on any atom is -0.298 e. The Morgan fingerprint density at radius 2 is 1.64 bits per heavy atom. The zero-order valence-corrected chi connectivity index (χ0v) is 10.0. The molecule has 0 radical (unpaired) electrons. The van der Waals surface area contributed by atoms with E-state index in [1.165, 1.54) is 26.1 Å². The Bertz CT molecular complexity index is 188. The quantitative estimate of drug-likeness (QED) is 0.679. The van der Waals surface area contributed by atoms with Crippen LogP contribution in [0.4, 0.5) is 0 Å². The van der Waals surface area contributed by atoms with Gasteiger partial charge in [-0.15, -0.1) is 0 Å². The van der Waals surface area contributed by atoms with E-state index in [1.54, 1.807) is 0 Å². The van der Waals surface area contributed by atoms with Crippen LogP contribution in [-0.4, -0.2) is 47.6 Å². The Labute approximate surface area is 88.3 Å². The van der Waals surface area contributed by atoms with Crippen LogP contribution in [0.5, 0.6) is 0 Å². The molecular formula is C12H24N2. The van der Waals surface area contributed by atoms with Crippen molar-refractivity contribution in [3.63, 3.8) is 0 Å². The second-order valence-corrected chi connectivity index (χ2v) is 5.68. The summed E-state index contributed by atoms with van der Waals surface area (Å²) in [6, 6.07) is 2.48. The smallest absolute Gasteiger partial charge is 0.0242 e. The summed E-state index contributed by atoms with van der Waals surface area (Å²) in [5.41, 5.74) is 0. The highest BCUT2D eigenvalue weighted by molar-refractivity contribution is 5.01. The molecule has 3 aliphatic rings. The number of fused-ring (bicyclic) bond motifs is 2. The lowest BCUT2D eigenvalue weighted by atomic mass is 9.86. The summed E-state index contributed by atoms with van der Waals surface area (Å²) in [5.74, 6) is 0.825. The van der Waals surface area contributed by atoms with Crippen molar-refractivity contribution in [3.05, 3.63) is 0 Å². The lowest BCUT2D eigenvalue weighted by Gasteiger charge is -2.58. The molecule has 3 fully saturated rings. The van der Waals surface area contributed by atoms with E-state index < -0.39 is 0 Å². The van der Waals surface area contributed by atoms with E-state index in [1.807, 2.05) is 0 Å². The largest absolute Gasteiger partial charge is 0.298 e. The van der Waals surface area contributed by atoms with Crippen molar-refractivity contribution in [1.82, 2.24) is 9.80 Å². The summed E-state index contributed by atoms with van der Waals surface area (Å²) >= 11 is 0. The van der Waals surface area contributed by atoms with E-state index in [-0.39, 0.29) is 0 Å². The first-order valence-electron chi connectivity index (χ1n) is 6.07. The molecule has 0 aromatic heterocycles. The standard InChI is InChI=1S/C12H24N2/c1-9(2)6-14-11-5-12(14)8-13(7-11)10(3)4/h9-12H,5-8H2,1-4H3. The maximum Gasteiger partial charge on any atom is 0.0242 e. The van der Waals surface area contributed by atoms with Crippen molar-refractivity contribution in [2.24, 2.45) is 5.92 Å². The van der Waals surface area contributed by atoms with Gasteiger partial charge in [-0.05, 0) is 26.2 Å². The Kier molecular flexibility index (Phi) is 2.85. The van der Waals surface area contributed by atoms with E-state index in [2.05, 4.69) is 37.5 Å². The average Bonchev–Trinajstić information content (AvgIpc) is 2.14. The van der Waals surface area contributed by atoms with Gasteiger partial charge in [0.05, 0.1) is 0 Å². The fraction of sp³-hybridized carbons (Fsp3) is 1.00. The third kappa shape index (κ3) is 1.82. The third-order valence-corrected chi connectivity index (χ3v) is 3.68. The molecule has 3 aliphatic heterocycles. The van der Waals surface area contributed by atoms with Gasteiger partial charge in [0.25, 0.3) is 0 Å². The Balaban J connectivity index is 1.86. The van der Waals surface area contributed by atoms with Crippen molar-refractivity contribution in [2.45, 2.75) is 52.2 Å². The second-order valence-electron chi connectivity index (χ2n) is 5.68. The molecule has 0 aromatic carbocycles. The van der Waals surface area contributed by atoms with Gasteiger partial charge in [-0.25, -0.2) is 0 Å². The highest BCUT2D eigenvalue weighted by Gasteiger charge is 2.44. The van der Waals surface area contributed by atoms with Crippen LogP contribution in [0, 0.1) is 5.92 Å². The van der Waals surface area contributed by atoms with Gasteiger partial charge >= 0.3 is 0 Å². The van der Waals surface area contributed by atoms with Crippen molar-refractivity contribution in [1.29, 1.82) is 0 Å². The van der Waals surface area contributed by atoms with Crippen molar-refractivity contribution >= 4 is 0 Å². The normalized spacial score (nSPS) is 33.9. The zero-order valence-electron chi connectivity index (χ0n) is 10.0. The fourth-order valence-electron chi connectivity index (χ4n) is 2.86. The molecule has 0 spiro atoms. The van der Waals surface area contributed by atoms with Gasteiger partial charge in [-0.3, -0.25) is 9.80 Å². The molecule has 0 aromatic rings. The first-order valence-corrected chi connectivity index (χ1v) is 6.07. The number of piperidine rings is 1. The average molecular weight is 196 g/mol. The number of hydrogen-bond donors (Lipinski definition) is 0. The van der Waals surface area contributed by atoms with Crippen LogP contribution in [-0.2, 0) is 0 Å². The van der Waals surface area contributed by atoms with Crippen LogP contribution < -0.4 is 0 Å². The van der Waals surface area contributed by atoms with Gasteiger partial charge in [0.1, 0.15) is 0 Å². The first-order chi connectivity index (χ1) is 6.58. The maximum atomic E-state index is 2.73. The predicted octanol–water partition coefficient (Wildman–Crippen LogP) is 1.81. The molecule has 0 saturated carbocycles. The topological polar surface area (TPSA) is 6.48 Å². The Morgan fingerprint density at radius 1 is 1.07 bits per heavy atom. The van der Waals surface area contributed by atoms with Gasteiger partial charge in [-0.1, -0.05) is 13.8 Å². The molecule has 3 rings (SSSR count). The molecule has 0 aliphatic carbocycles. The summed E-state index contributed by atoms with van der Waals surface area (Å²) in [4.78, 5) is 5.36.